The maximum absolute atomic E-state index is 13.4. The number of ether oxygens (including phenoxy) is 1. The molecule has 3 aromatic heterocycles. The van der Waals surface area contributed by atoms with E-state index >= 15 is 0 Å². The maximum Gasteiger partial charge on any atom is 0.434 e. The van der Waals surface area contributed by atoms with E-state index in [0.29, 0.717) is 30.5 Å². The lowest BCUT2D eigenvalue weighted by atomic mass is 9.94. The molecule has 36 heavy (non-hydrogen) atoms. The molecule has 1 aliphatic carbocycles. The lowest BCUT2D eigenvalue weighted by Gasteiger charge is -2.17. The normalized spacial score (nSPS) is 13.8. The molecular formula is C25H25F3N6OS. The van der Waals surface area contributed by atoms with Gasteiger partial charge in [0.25, 0.3) is 0 Å². The lowest BCUT2D eigenvalue weighted by molar-refractivity contribution is -0.140. The molecule has 5 rings (SSSR count). The molecule has 0 N–H and O–H groups in total. The molecule has 0 aliphatic heterocycles. The van der Waals surface area contributed by atoms with Crippen molar-refractivity contribution in [1.82, 2.24) is 29.3 Å². The number of hydrogen-bond acceptors (Lipinski definition) is 6. The summed E-state index contributed by atoms with van der Waals surface area (Å²) in [5.74, 6) is 0.992. The average molecular weight is 515 g/mol. The van der Waals surface area contributed by atoms with Crippen LogP contribution in [0.3, 0.4) is 0 Å². The van der Waals surface area contributed by atoms with Crippen LogP contribution in [0.25, 0.3) is 22.5 Å². The molecule has 1 fully saturated rings. The van der Waals surface area contributed by atoms with E-state index in [1.54, 1.807) is 31.9 Å². The molecular weight excluding hydrogens is 489 g/mol. The predicted molar refractivity (Wildman–Crippen MR) is 131 cm³/mol. The molecule has 1 aromatic carbocycles. The average Bonchev–Trinajstić information content (AvgIpc) is 3.45. The van der Waals surface area contributed by atoms with E-state index in [1.165, 1.54) is 10.9 Å². The van der Waals surface area contributed by atoms with Gasteiger partial charge in [-0.05, 0) is 49.3 Å². The number of hydrogen-bond donors (Lipinski definition) is 0. The highest BCUT2D eigenvalue weighted by Crippen LogP contribution is 2.47. The van der Waals surface area contributed by atoms with Crippen LogP contribution in [0.1, 0.15) is 42.6 Å². The summed E-state index contributed by atoms with van der Waals surface area (Å²) in [6.07, 6.45) is 3.94. The van der Waals surface area contributed by atoms with Crippen molar-refractivity contribution in [2.45, 2.75) is 50.0 Å². The first kappa shape index (κ1) is 24.4. The summed E-state index contributed by atoms with van der Waals surface area (Å²) in [5, 5.41) is 5.49. The van der Waals surface area contributed by atoms with Crippen LogP contribution >= 0.6 is 11.8 Å². The van der Waals surface area contributed by atoms with Crippen LogP contribution in [0.4, 0.5) is 13.2 Å². The monoisotopic (exact) mass is 514 g/mol. The van der Waals surface area contributed by atoms with Crippen LogP contribution in [0.15, 0.2) is 48.0 Å². The van der Waals surface area contributed by atoms with E-state index in [4.69, 9.17) is 4.74 Å². The van der Waals surface area contributed by atoms with Crippen molar-refractivity contribution in [2.24, 2.45) is 0 Å². The van der Waals surface area contributed by atoms with Crippen LogP contribution in [-0.4, -0.2) is 42.7 Å². The second kappa shape index (κ2) is 9.61. The summed E-state index contributed by atoms with van der Waals surface area (Å²) >= 11 is 1.55. The number of rotatable bonds is 8. The third-order valence-electron chi connectivity index (χ3n) is 6.20. The van der Waals surface area contributed by atoms with Crippen molar-refractivity contribution in [1.29, 1.82) is 0 Å². The van der Waals surface area contributed by atoms with Gasteiger partial charge in [-0.1, -0.05) is 12.1 Å². The number of aromatic nitrogens is 6. The summed E-state index contributed by atoms with van der Waals surface area (Å²) in [7, 11) is 1.56. The Morgan fingerprint density at radius 3 is 2.61 bits per heavy atom. The largest absolute Gasteiger partial charge is 0.480 e. The van der Waals surface area contributed by atoms with E-state index in [0.717, 1.165) is 46.4 Å². The van der Waals surface area contributed by atoms with Crippen molar-refractivity contribution < 1.29 is 17.9 Å². The van der Waals surface area contributed by atoms with Crippen LogP contribution in [-0.2, 0) is 19.3 Å². The third kappa shape index (κ3) is 4.71. The van der Waals surface area contributed by atoms with Crippen molar-refractivity contribution in [3.8, 4) is 28.4 Å². The Bertz CT molecular complexity index is 1390. The minimum absolute atomic E-state index is 0.255. The van der Waals surface area contributed by atoms with Gasteiger partial charge in [0.15, 0.2) is 5.69 Å². The highest BCUT2D eigenvalue weighted by atomic mass is 32.2. The third-order valence-corrected chi connectivity index (χ3v) is 6.84. The fourth-order valence-electron chi connectivity index (χ4n) is 4.28. The Balaban J connectivity index is 1.69. The summed E-state index contributed by atoms with van der Waals surface area (Å²) < 4.78 is 49.3. The highest BCUT2D eigenvalue weighted by molar-refractivity contribution is 7.98. The first-order valence-electron chi connectivity index (χ1n) is 11.6. The van der Waals surface area contributed by atoms with Gasteiger partial charge in [-0.2, -0.15) is 18.3 Å². The number of benzene rings is 1. The summed E-state index contributed by atoms with van der Waals surface area (Å²) in [4.78, 5) is 12.9. The zero-order valence-electron chi connectivity index (χ0n) is 20.1. The number of halogens is 3. The lowest BCUT2D eigenvalue weighted by Crippen LogP contribution is -2.06. The Labute approximate surface area is 210 Å². The van der Waals surface area contributed by atoms with Crippen molar-refractivity contribution >= 4 is 11.8 Å². The van der Waals surface area contributed by atoms with Crippen molar-refractivity contribution in [2.75, 3.05) is 13.4 Å². The number of aryl methyl sites for hydroxylation is 1. The minimum Gasteiger partial charge on any atom is -0.480 e. The smallest absolute Gasteiger partial charge is 0.434 e. The Morgan fingerprint density at radius 2 is 1.97 bits per heavy atom. The minimum atomic E-state index is -4.53. The fraction of sp³-hybridized carbons (Fsp3) is 0.360. The van der Waals surface area contributed by atoms with Gasteiger partial charge in [-0.25, -0.2) is 15.0 Å². The molecule has 0 amide bonds. The second-order valence-corrected chi connectivity index (χ2v) is 9.41. The van der Waals surface area contributed by atoms with Crippen molar-refractivity contribution in [3.63, 3.8) is 0 Å². The first-order chi connectivity index (χ1) is 17.3. The molecule has 0 spiro atoms. The van der Waals surface area contributed by atoms with E-state index < -0.39 is 11.9 Å². The van der Waals surface area contributed by atoms with Crippen LogP contribution in [0, 0.1) is 0 Å². The number of thioether (sulfide) groups is 1. The topological polar surface area (TPSA) is 70.7 Å². The Hall–Kier alpha value is -3.34. The van der Waals surface area contributed by atoms with Gasteiger partial charge in [-0.3, -0.25) is 4.68 Å². The Kier molecular flexibility index (Phi) is 6.50. The summed E-state index contributed by atoms with van der Waals surface area (Å²) in [5.41, 5.74) is 3.04. The van der Waals surface area contributed by atoms with Gasteiger partial charge in [0.1, 0.15) is 17.2 Å². The number of methoxy groups -OCH3 is 1. The van der Waals surface area contributed by atoms with E-state index in [-0.39, 0.29) is 5.82 Å². The highest BCUT2D eigenvalue weighted by Gasteiger charge is 2.35. The van der Waals surface area contributed by atoms with Crippen LogP contribution in [0.2, 0.25) is 0 Å². The molecule has 1 aliphatic rings. The molecule has 7 nitrogen and oxygen atoms in total. The van der Waals surface area contributed by atoms with Gasteiger partial charge in [0.2, 0.25) is 5.88 Å². The molecule has 0 saturated heterocycles. The zero-order chi connectivity index (χ0) is 25.4. The first-order valence-corrected chi connectivity index (χ1v) is 12.8. The molecule has 188 valence electrons. The van der Waals surface area contributed by atoms with Gasteiger partial charge in [0.05, 0.1) is 24.9 Å². The van der Waals surface area contributed by atoms with Gasteiger partial charge in [-0.15, -0.1) is 11.8 Å². The Morgan fingerprint density at radius 1 is 1.17 bits per heavy atom. The van der Waals surface area contributed by atoms with Crippen molar-refractivity contribution in [3.05, 3.63) is 59.9 Å². The molecule has 4 aromatic rings. The van der Waals surface area contributed by atoms with Gasteiger partial charge in [0, 0.05) is 30.4 Å². The maximum atomic E-state index is 13.4. The molecule has 0 radical (unpaired) electrons. The van der Waals surface area contributed by atoms with Gasteiger partial charge < -0.3 is 9.30 Å². The molecule has 0 atom stereocenters. The zero-order valence-corrected chi connectivity index (χ0v) is 20.9. The van der Waals surface area contributed by atoms with E-state index in [9.17, 15) is 13.2 Å². The number of nitrogens with zero attached hydrogens (tertiary/aromatic N) is 6. The van der Waals surface area contributed by atoms with Crippen LogP contribution in [0.5, 0.6) is 5.88 Å². The SMILES string of the molecule is CCn1cc(C(F)(F)F)nc1-c1ccc(Cn2ccc(SC)n2)c(-c2c(OC)ncnc2C2CC2)c1. The number of alkyl halides is 3. The summed E-state index contributed by atoms with van der Waals surface area (Å²) in [6, 6.07) is 7.53. The fourth-order valence-corrected chi connectivity index (χ4v) is 4.66. The summed E-state index contributed by atoms with van der Waals surface area (Å²) in [6.45, 7) is 2.61. The van der Waals surface area contributed by atoms with Crippen LogP contribution < -0.4 is 4.74 Å². The van der Waals surface area contributed by atoms with E-state index in [2.05, 4.69) is 20.1 Å². The predicted octanol–water partition coefficient (Wildman–Crippen LogP) is 5.90. The standard InChI is InChI=1S/C25H25F3N6OS/c1-4-33-13-19(25(26,27)28)31-23(33)16-7-8-17(12-34-10-9-20(32-34)36-3)18(11-16)21-22(15-5-6-15)29-14-30-24(21)35-2/h7-11,13-15H,4-6,12H2,1-3H3. The molecule has 0 bridgehead atoms. The molecule has 11 heteroatoms. The molecule has 1 saturated carbocycles. The second-order valence-electron chi connectivity index (χ2n) is 8.58. The molecule has 3 heterocycles. The number of imidazole rings is 1. The quantitative estimate of drug-likeness (QED) is 0.273. The van der Waals surface area contributed by atoms with E-state index in [1.807, 2.05) is 35.3 Å². The molecule has 0 unspecified atom stereocenters. The van der Waals surface area contributed by atoms with Gasteiger partial charge >= 0.3 is 6.18 Å².